The van der Waals surface area contributed by atoms with Crippen LogP contribution in [0.5, 0.6) is 0 Å². The van der Waals surface area contributed by atoms with E-state index in [-0.39, 0.29) is 0 Å². The van der Waals surface area contributed by atoms with E-state index in [2.05, 4.69) is 0 Å². The smallest absolute Gasteiger partial charge is 0.0933 e. The molecule has 2 nitrogen and oxygen atoms in total. The van der Waals surface area contributed by atoms with E-state index >= 15 is 0 Å². The van der Waals surface area contributed by atoms with E-state index in [4.69, 9.17) is 0 Å². The third kappa shape index (κ3) is 5.23. The molecular formula is C20H38O2. The molecule has 2 heteroatoms. The predicted molar refractivity (Wildman–Crippen MR) is 93.0 cm³/mol. The van der Waals surface area contributed by atoms with Crippen molar-refractivity contribution in [3.05, 3.63) is 0 Å². The number of aliphatic hydroxyl groups is 2. The minimum atomic E-state index is -0.830. The Hall–Kier alpha value is -0.0800. The van der Waals surface area contributed by atoms with Crippen molar-refractivity contribution in [2.75, 3.05) is 0 Å². The molecule has 0 bridgehead atoms. The normalized spacial score (nSPS) is 28.6. The van der Waals surface area contributed by atoms with Crippen molar-refractivity contribution >= 4 is 0 Å². The SMILES string of the molecule is OC1(C2(O)CCCCCCC2)CCCCCCCCCCC1. The summed E-state index contributed by atoms with van der Waals surface area (Å²) in [6.07, 6.45) is 20.4. The van der Waals surface area contributed by atoms with Crippen LogP contribution in [0, 0.1) is 0 Å². The lowest BCUT2D eigenvalue weighted by Gasteiger charge is -2.45. The van der Waals surface area contributed by atoms with Crippen LogP contribution >= 0.6 is 0 Å². The molecule has 2 fully saturated rings. The molecule has 2 N–H and O–H groups in total. The van der Waals surface area contributed by atoms with Gasteiger partial charge in [0.05, 0.1) is 11.2 Å². The van der Waals surface area contributed by atoms with E-state index in [1.807, 2.05) is 0 Å². The molecule has 0 radical (unpaired) electrons. The quantitative estimate of drug-likeness (QED) is 0.671. The maximum Gasteiger partial charge on any atom is 0.0933 e. The number of rotatable bonds is 1. The van der Waals surface area contributed by atoms with Crippen LogP contribution in [-0.2, 0) is 0 Å². The highest BCUT2D eigenvalue weighted by molar-refractivity contribution is 5.00. The van der Waals surface area contributed by atoms with Gasteiger partial charge in [-0.05, 0) is 25.7 Å². The van der Waals surface area contributed by atoms with Crippen LogP contribution < -0.4 is 0 Å². The molecule has 0 amide bonds. The molecule has 130 valence electrons. The molecule has 0 aromatic rings. The summed E-state index contributed by atoms with van der Waals surface area (Å²) < 4.78 is 0. The fraction of sp³-hybridized carbons (Fsp3) is 1.00. The molecule has 2 rings (SSSR count). The summed E-state index contributed by atoms with van der Waals surface area (Å²) in [5.74, 6) is 0. The lowest BCUT2D eigenvalue weighted by molar-refractivity contribution is -0.172. The summed E-state index contributed by atoms with van der Waals surface area (Å²) in [5, 5.41) is 22.7. The van der Waals surface area contributed by atoms with Crippen LogP contribution in [0.3, 0.4) is 0 Å². The average molecular weight is 311 g/mol. The molecule has 0 atom stereocenters. The second-order valence-electron chi connectivity index (χ2n) is 8.01. The van der Waals surface area contributed by atoms with Gasteiger partial charge in [-0.2, -0.15) is 0 Å². The zero-order chi connectivity index (χ0) is 15.7. The predicted octanol–water partition coefficient (Wildman–Crippen LogP) is 5.50. The summed E-state index contributed by atoms with van der Waals surface area (Å²) in [4.78, 5) is 0. The van der Waals surface area contributed by atoms with Crippen LogP contribution in [0.15, 0.2) is 0 Å². The number of hydrogen-bond donors (Lipinski definition) is 2. The van der Waals surface area contributed by atoms with Gasteiger partial charge in [0, 0.05) is 0 Å². The lowest BCUT2D eigenvalue weighted by Crippen LogP contribution is -2.54. The summed E-state index contributed by atoms with van der Waals surface area (Å²) >= 11 is 0. The highest BCUT2D eigenvalue weighted by Gasteiger charge is 2.47. The van der Waals surface area contributed by atoms with Crippen molar-refractivity contribution in [1.29, 1.82) is 0 Å². The molecule has 2 aliphatic carbocycles. The van der Waals surface area contributed by atoms with Gasteiger partial charge >= 0.3 is 0 Å². The largest absolute Gasteiger partial charge is 0.387 e. The molecular weight excluding hydrogens is 272 g/mol. The van der Waals surface area contributed by atoms with Crippen LogP contribution in [0.1, 0.15) is 116 Å². The Morgan fingerprint density at radius 2 is 0.500 bits per heavy atom. The van der Waals surface area contributed by atoms with Crippen molar-refractivity contribution in [3.8, 4) is 0 Å². The fourth-order valence-electron chi connectivity index (χ4n) is 4.62. The van der Waals surface area contributed by atoms with E-state index in [1.165, 1.54) is 64.2 Å². The third-order valence-electron chi connectivity index (χ3n) is 6.23. The molecule has 22 heavy (non-hydrogen) atoms. The van der Waals surface area contributed by atoms with Gasteiger partial charge in [-0.15, -0.1) is 0 Å². The van der Waals surface area contributed by atoms with Crippen molar-refractivity contribution < 1.29 is 10.2 Å². The summed E-state index contributed by atoms with van der Waals surface area (Å²) in [6.45, 7) is 0. The maximum absolute atomic E-state index is 11.4. The Bertz CT molecular complexity index is 280. The second-order valence-corrected chi connectivity index (χ2v) is 8.01. The zero-order valence-corrected chi connectivity index (χ0v) is 14.6. The van der Waals surface area contributed by atoms with Crippen molar-refractivity contribution in [1.82, 2.24) is 0 Å². The molecule has 2 saturated carbocycles. The average Bonchev–Trinajstić information content (AvgIpc) is 2.47. The summed E-state index contributed by atoms with van der Waals surface area (Å²) in [7, 11) is 0. The molecule has 0 aromatic heterocycles. The first-order valence-corrected chi connectivity index (χ1v) is 10.1. The van der Waals surface area contributed by atoms with E-state index in [1.54, 1.807) is 0 Å². The Morgan fingerprint density at radius 1 is 0.318 bits per heavy atom. The van der Waals surface area contributed by atoms with Crippen LogP contribution in [0.4, 0.5) is 0 Å². The third-order valence-corrected chi connectivity index (χ3v) is 6.23. The van der Waals surface area contributed by atoms with Crippen molar-refractivity contribution in [2.45, 2.75) is 127 Å². The molecule has 0 saturated heterocycles. The van der Waals surface area contributed by atoms with E-state index < -0.39 is 11.2 Å². The van der Waals surface area contributed by atoms with Crippen LogP contribution in [-0.4, -0.2) is 21.4 Å². The zero-order valence-electron chi connectivity index (χ0n) is 14.6. The van der Waals surface area contributed by atoms with Gasteiger partial charge in [0.25, 0.3) is 0 Å². The maximum atomic E-state index is 11.4. The first kappa shape index (κ1) is 18.3. The Labute approximate surface area is 137 Å². The van der Waals surface area contributed by atoms with E-state index in [9.17, 15) is 10.2 Å². The molecule has 0 spiro atoms. The fourth-order valence-corrected chi connectivity index (χ4v) is 4.62. The minimum Gasteiger partial charge on any atom is -0.387 e. The van der Waals surface area contributed by atoms with Crippen LogP contribution in [0.25, 0.3) is 0 Å². The van der Waals surface area contributed by atoms with Crippen molar-refractivity contribution in [3.63, 3.8) is 0 Å². The second kappa shape index (κ2) is 9.27. The van der Waals surface area contributed by atoms with Gasteiger partial charge in [0.2, 0.25) is 0 Å². The monoisotopic (exact) mass is 310 g/mol. The molecule has 0 heterocycles. The summed E-state index contributed by atoms with van der Waals surface area (Å²) in [5.41, 5.74) is -1.65. The van der Waals surface area contributed by atoms with Gasteiger partial charge in [-0.1, -0.05) is 89.9 Å². The first-order chi connectivity index (χ1) is 10.7. The van der Waals surface area contributed by atoms with Gasteiger partial charge in [0.1, 0.15) is 0 Å². The standard InChI is InChI=1S/C20H38O2/c21-19(20(22)17-13-9-6-10-14-18-20)15-11-7-4-2-1-3-5-8-12-16-19/h21-22H,1-18H2. The molecule has 0 aliphatic heterocycles. The molecule has 0 unspecified atom stereocenters. The topological polar surface area (TPSA) is 40.5 Å². The Balaban J connectivity index is 2.02. The number of hydrogen-bond acceptors (Lipinski definition) is 2. The first-order valence-electron chi connectivity index (χ1n) is 10.1. The highest BCUT2D eigenvalue weighted by atomic mass is 16.4. The molecule has 2 aliphatic rings. The molecule has 0 aromatic carbocycles. The van der Waals surface area contributed by atoms with Gasteiger partial charge in [0.15, 0.2) is 0 Å². The minimum absolute atomic E-state index is 0.809. The van der Waals surface area contributed by atoms with Gasteiger partial charge in [-0.25, -0.2) is 0 Å². The summed E-state index contributed by atoms with van der Waals surface area (Å²) in [6, 6.07) is 0. The van der Waals surface area contributed by atoms with E-state index in [0.29, 0.717) is 0 Å². The van der Waals surface area contributed by atoms with Gasteiger partial charge in [-0.3, -0.25) is 0 Å². The Kier molecular flexibility index (Phi) is 7.70. The van der Waals surface area contributed by atoms with Crippen molar-refractivity contribution in [2.24, 2.45) is 0 Å². The van der Waals surface area contributed by atoms with Gasteiger partial charge < -0.3 is 10.2 Å². The van der Waals surface area contributed by atoms with Crippen LogP contribution in [0.2, 0.25) is 0 Å². The van der Waals surface area contributed by atoms with E-state index in [0.717, 1.165) is 51.4 Å². The highest BCUT2D eigenvalue weighted by Crippen LogP contribution is 2.41. The Morgan fingerprint density at radius 3 is 0.727 bits per heavy atom. The lowest BCUT2D eigenvalue weighted by atomic mass is 9.69.